The largest absolute Gasteiger partial charge is 0.294 e. The molecule has 3 aromatic carbocycles. The summed E-state index contributed by atoms with van der Waals surface area (Å²) >= 11 is 6.35. The lowest BCUT2D eigenvalue weighted by atomic mass is 10.0. The maximum Gasteiger partial charge on any atom is 0.0657 e. The zero-order chi connectivity index (χ0) is 20.3. The number of benzene rings is 3. The van der Waals surface area contributed by atoms with Crippen LogP contribution >= 0.6 is 11.6 Å². The van der Waals surface area contributed by atoms with Crippen molar-refractivity contribution in [3.8, 4) is 11.1 Å². The summed E-state index contributed by atoms with van der Waals surface area (Å²) in [5.41, 5.74) is 6.67. The lowest BCUT2D eigenvalue weighted by molar-refractivity contribution is 0.114. The van der Waals surface area contributed by atoms with Gasteiger partial charge in [-0.1, -0.05) is 90.5 Å². The monoisotopic (exact) mass is 413 g/mol. The van der Waals surface area contributed by atoms with Gasteiger partial charge in [0.1, 0.15) is 0 Å². The van der Waals surface area contributed by atoms with Gasteiger partial charge in [-0.15, -0.1) is 0 Å². The van der Waals surface area contributed by atoms with E-state index in [0.717, 1.165) is 31.7 Å². The van der Waals surface area contributed by atoms with E-state index in [2.05, 4.69) is 63.5 Å². The van der Waals surface area contributed by atoms with Crippen LogP contribution in [0.1, 0.15) is 22.7 Å². The van der Waals surface area contributed by atoms with Gasteiger partial charge in [0.15, 0.2) is 0 Å². The van der Waals surface area contributed by atoms with Crippen LogP contribution in [0.2, 0.25) is 0 Å². The van der Waals surface area contributed by atoms with Crippen molar-refractivity contribution < 1.29 is 0 Å². The highest BCUT2D eigenvalue weighted by Crippen LogP contribution is 2.46. The summed E-state index contributed by atoms with van der Waals surface area (Å²) in [6.07, 6.45) is 3.69. The van der Waals surface area contributed by atoms with Crippen molar-refractivity contribution >= 4 is 23.9 Å². The van der Waals surface area contributed by atoms with Crippen LogP contribution in [0, 0.1) is 0 Å². The summed E-state index contributed by atoms with van der Waals surface area (Å²) in [6.45, 7) is 3.75. The van der Waals surface area contributed by atoms with Gasteiger partial charge < -0.3 is 0 Å². The van der Waals surface area contributed by atoms with Gasteiger partial charge in [-0.3, -0.25) is 9.91 Å². The molecule has 30 heavy (non-hydrogen) atoms. The fourth-order valence-corrected chi connectivity index (χ4v) is 4.66. The summed E-state index contributed by atoms with van der Waals surface area (Å²) < 4.78 is 0. The van der Waals surface area contributed by atoms with Crippen LogP contribution in [0.15, 0.2) is 89.0 Å². The Kier molecular flexibility index (Phi) is 5.39. The highest BCUT2D eigenvalue weighted by Gasteiger charge is 2.33. The molecule has 3 aromatic rings. The normalized spacial score (nSPS) is 17.4. The van der Waals surface area contributed by atoms with Crippen molar-refractivity contribution in [3.05, 3.63) is 101 Å². The van der Waals surface area contributed by atoms with E-state index >= 15 is 0 Å². The summed E-state index contributed by atoms with van der Waals surface area (Å²) in [5.74, 6) is 0. The molecule has 0 amide bonds. The number of rotatable bonds is 4. The molecule has 0 N–H and O–H groups in total. The quantitative estimate of drug-likeness (QED) is 0.515. The Morgan fingerprint density at radius 3 is 1.97 bits per heavy atom. The fraction of sp³-hybridized carbons (Fsp3) is 0.192. The minimum Gasteiger partial charge on any atom is -0.294 e. The molecule has 0 bridgehead atoms. The molecule has 5 rings (SSSR count). The fourth-order valence-electron chi connectivity index (χ4n) is 4.49. The molecule has 0 unspecified atom stereocenters. The topological polar surface area (TPSA) is 18.8 Å². The van der Waals surface area contributed by atoms with E-state index < -0.39 is 0 Å². The average Bonchev–Trinajstić information content (AvgIpc) is 3.13. The number of nitrogens with zero attached hydrogens (tertiary/aromatic N) is 3. The third-order valence-corrected chi connectivity index (χ3v) is 6.11. The predicted molar refractivity (Wildman–Crippen MR) is 126 cm³/mol. The van der Waals surface area contributed by atoms with Gasteiger partial charge >= 0.3 is 0 Å². The molecule has 1 aliphatic heterocycles. The highest BCUT2D eigenvalue weighted by molar-refractivity contribution is 6.41. The van der Waals surface area contributed by atoms with Crippen molar-refractivity contribution in [1.82, 2.24) is 9.91 Å². The zero-order valence-corrected chi connectivity index (χ0v) is 17.5. The number of hydrogen-bond donors (Lipinski definition) is 0. The van der Waals surface area contributed by atoms with Crippen molar-refractivity contribution in [2.75, 3.05) is 26.2 Å². The van der Waals surface area contributed by atoms with Crippen molar-refractivity contribution in [1.29, 1.82) is 0 Å². The molecule has 1 saturated heterocycles. The maximum atomic E-state index is 6.35. The first kappa shape index (κ1) is 19.1. The lowest BCUT2D eigenvalue weighted by Gasteiger charge is -2.37. The molecule has 0 spiro atoms. The number of hydrazone groups is 1. The van der Waals surface area contributed by atoms with E-state index in [-0.39, 0.29) is 0 Å². The molecule has 3 nitrogen and oxygen atoms in total. The molecule has 1 aliphatic carbocycles. The third-order valence-electron chi connectivity index (χ3n) is 5.91. The van der Waals surface area contributed by atoms with E-state index in [9.17, 15) is 0 Å². The summed E-state index contributed by atoms with van der Waals surface area (Å²) in [4.78, 5) is 2.58. The molecular formula is C26H24ClN3. The number of halogens is 1. The van der Waals surface area contributed by atoms with E-state index in [1.807, 2.05) is 36.4 Å². The Morgan fingerprint density at radius 1 is 0.767 bits per heavy atom. The summed E-state index contributed by atoms with van der Waals surface area (Å²) in [6, 6.07) is 28.0. The van der Waals surface area contributed by atoms with E-state index in [1.54, 1.807) is 6.21 Å². The lowest BCUT2D eigenvalue weighted by Crippen LogP contribution is -2.45. The second-order valence-corrected chi connectivity index (χ2v) is 8.19. The second kappa shape index (κ2) is 8.47. The van der Waals surface area contributed by atoms with Crippen LogP contribution in [0.3, 0.4) is 0 Å². The van der Waals surface area contributed by atoms with Gasteiger partial charge in [0.2, 0.25) is 0 Å². The molecule has 0 atom stereocenters. The van der Waals surface area contributed by atoms with Gasteiger partial charge in [0, 0.05) is 26.2 Å². The van der Waals surface area contributed by atoms with Gasteiger partial charge in [-0.05, 0) is 33.9 Å². The van der Waals surface area contributed by atoms with Gasteiger partial charge in [0.25, 0.3) is 0 Å². The van der Waals surface area contributed by atoms with Crippen molar-refractivity contribution in [3.63, 3.8) is 0 Å². The Bertz CT molecular complexity index is 1040. The van der Waals surface area contributed by atoms with Crippen molar-refractivity contribution in [2.24, 2.45) is 5.10 Å². The number of allylic oxidation sites excluding steroid dienone is 1. The van der Waals surface area contributed by atoms with E-state index in [1.165, 1.54) is 22.3 Å². The van der Waals surface area contributed by atoms with Crippen LogP contribution < -0.4 is 0 Å². The molecule has 2 aliphatic rings. The van der Waals surface area contributed by atoms with Gasteiger partial charge in [-0.2, -0.15) is 5.10 Å². The molecule has 150 valence electrons. The molecule has 4 heteroatoms. The predicted octanol–water partition coefficient (Wildman–Crippen LogP) is 5.64. The summed E-state index contributed by atoms with van der Waals surface area (Å²) in [5, 5.41) is 7.37. The SMILES string of the molecule is ClC(C=NN1CCN(C2c3ccccc3-c3ccccc32)CC1)=Cc1ccccc1. The Morgan fingerprint density at radius 2 is 1.33 bits per heavy atom. The Balaban J connectivity index is 1.27. The van der Waals surface area contributed by atoms with E-state index in [4.69, 9.17) is 11.6 Å². The first-order valence-electron chi connectivity index (χ1n) is 10.4. The highest BCUT2D eigenvalue weighted by atomic mass is 35.5. The molecule has 0 saturated carbocycles. The number of fused-ring (bicyclic) bond motifs is 3. The third kappa shape index (κ3) is 3.79. The Hall–Kier alpha value is -2.88. The van der Waals surface area contributed by atoms with Gasteiger partial charge in [0.05, 0.1) is 17.3 Å². The number of hydrogen-bond acceptors (Lipinski definition) is 3. The van der Waals surface area contributed by atoms with E-state index in [0.29, 0.717) is 11.1 Å². The average molecular weight is 414 g/mol. The zero-order valence-electron chi connectivity index (χ0n) is 16.8. The minimum absolute atomic E-state index is 0.338. The van der Waals surface area contributed by atoms with Gasteiger partial charge in [-0.25, -0.2) is 0 Å². The smallest absolute Gasteiger partial charge is 0.0657 e. The molecular weight excluding hydrogens is 390 g/mol. The number of piperazine rings is 1. The maximum absolute atomic E-state index is 6.35. The van der Waals surface area contributed by atoms with Crippen LogP contribution in [0.4, 0.5) is 0 Å². The first-order valence-corrected chi connectivity index (χ1v) is 10.8. The minimum atomic E-state index is 0.338. The first-order chi connectivity index (χ1) is 14.8. The standard InChI is InChI=1S/C26H24ClN3/c27-21(18-20-8-2-1-3-9-20)19-28-30-16-14-29(15-17-30)26-24-12-6-4-10-22(24)23-11-5-7-13-25(23)26/h1-13,18-19,26H,14-17H2. The van der Waals surface area contributed by atoms with Crippen LogP contribution in [-0.4, -0.2) is 42.3 Å². The molecule has 1 fully saturated rings. The molecule has 0 radical (unpaired) electrons. The molecule has 1 heterocycles. The summed E-state index contributed by atoms with van der Waals surface area (Å²) in [7, 11) is 0. The van der Waals surface area contributed by atoms with Crippen LogP contribution in [-0.2, 0) is 0 Å². The van der Waals surface area contributed by atoms with Crippen LogP contribution in [0.25, 0.3) is 17.2 Å². The van der Waals surface area contributed by atoms with Crippen molar-refractivity contribution in [2.45, 2.75) is 6.04 Å². The van der Waals surface area contributed by atoms with Crippen LogP contribution in [0.5, 0.6) is 0 Å². The molecule has 0 aromatic heterocycles. The Labute approximate surface area is 182 Å². The second-order valence-electron chi connectivity index (χ2n) is 7.75.